The van der Waals surface area contributed by atoms with Gasteiger partial charge in [-0.25, -0.2) is 0 Å². The number of nitrogens with zero attached hydrogens (tertiary/aromatic N) is 3. The second kappa shape index (κ2) is 6.12. The SMILES string of the molecule is Cc1ccccc1-c1nnc(COc2ccc3ncccc3c2)o1. The Morgan fingerprint density at radius 3 is 2.83 bits per heavy atom. The third-order valence-corrected chi connectivity index (χ3v) is 3.78. The van der Waals surface area contributed by atoms with E-state index in [1.54, 1.807) is 6.20 Å². The molecular formula is C19H15N3O2. The Hall–Kier alpha value is -3.21. The van der Waals surface area contributed by atoms with Gasteiger partial charge in [0.15, 0.2) is 6.61 Å². The lowest BCUT2D eigenvalue weighted by Gasteiger charge is -2.04. The van der Waals surface area contributed by atoms with Gasteiger partial charge in [0.1, 0.15) is 5.75 Å². The predicted octanol–water partition coefficient (Wildman–Crippen LogP) is 4.17. The molecule has 4 rings (SSSR count). The molecule has 0 unspecified atom stereocenters. The van der Waals surface area contributed by atoms with Crippen molar-refractivity contribution < 1.29 is 9.15 Å². The van der Waals surface area contributed by atoms with Crippen LogP contribution in [0.2, 0.25) is 0 Å². The summed E-state index contributed by atoms with van der Waals surface area (Å²) in [5.74, 6) is 1.69. The van der Waals surface area contributed by atoms with Crippen LogP contribution in [0.5, 0.6) is 5.75 Å². The summed E-state index contributed by atoms with van der Waals surface area (Å²) in [6, 6.07) is 17.6. The Labute approximate surface area is 138 Å². The van der Waals surface area contributed by atoms with Crippen molar-refractivity contribution in [3.05, 3.63) is 72.2 Å². The average Bonchev–Trinajstić information content (AvgIpc) is 3.09. The molecule has 0 aliphatic carbocycles. The number of aromatic nitrogens is 3. The maximum Gasteiger partial charge on any atom is 0.254 e. The van der Waals surface area contributed by atoms with Gasteiger partial charge in [-0.15, -0.1) is 10.2 Å². The van der Waals surface area contributed by atoms with Crippen LogP contribution in [-0.4, -0.2) is 15.2 Å². The standard InChI is InChI=1S/C19H15N3O2/c1-13-5-2-3-7-16(13)19-22-21-18(24-19)12-23-15-8-9-17-14(11-15)6-4-10-20-17/h2-11H,12H2,1H3. The van der Waals surface area contributed by atoms with Crippen molar-refractivity contribution in [2.45, 2.75) is 13.5 Å². The summed E-state index contributed by atoms with van der Waals surface area (Å²) in [6.07, 6.45) is 1.77. The zero-order chi connectivity index (χ0) is 16.4. The third kappa shape index (κ3) is 2.84. The minimum atomic E-state index is 0.227. The summed E-state index contributed by atoms with van der Waals surface area (Å²) in [5, 5.41) is 9.19. The second-order valence-electron chi connectivity index (χ2n) is 5.46. The first-order chi connectivity index (χ1) is 11.8. The van der Waals surface area contributed by atoms with Crippen LogP contribution in [0.15, 0.2) is 65.2 Å². The maximum absolute atomic E-state index is 5.76. The highest BCUT2D eigenvalue weighted by Crippen LogP contribution is 2.23. The molecule has 0 fully saturated rings. The molecule has 5 nitrogen and oxygen atoms in total. The van der Waals surface area contributed by atoms with Gasteiger partial charge in [-0.1, -0.05) is 24.3 Å². The molecule has 0 atom stereocenters. The molecule has 0 saturated heterocycles. The highest BCUT2D eigenvalue weighted by molar-refractivity contribution is 5.79. The number of rotatable bonds is 4. The molecule has 118 valence electrons. The molecule has 0 aliphatic rings. The summed E-state index contributed by atoms with van der Waals surface area (Å²) < 4.78 is 11.5. The summed E-state index contributed by atoms with van der Waals surface area (Å²) in [6.45, 7) is 2.24. The number of hydrogen-bond acceptors (Lipinski definition) is 5. The predicted molar refractivity (Wildman–Crippen MR) is 90.5 cm³/mol. The normalized spacial score (nSPS) is 10.9. The second-order valence-corrected chi connectivity index (χ2v) is 5.46. The Morgan fingerprint density at radius 1 is 1.00 bits per heavy atom. The lowest BCUT2D eigenvalue weighted by molar-refractivity contribution is 0.265. The minimum Gasteiger partial charge on any atom is -0.484 e. The van der Waals surface area contributed by atoms with Gasteiger partial charge in [-0.2, -0.15) is 0 Å². The van der Waals surface area contributed by atoms with Crippen molar-refractivity contribution in [1.82, 2.24) is 15.2 Å². The van der Waals surface area contributed by atoms with Gasteiger partial charge in [0, 0.05) is 17.1 Å². The van der Waals surface area contributed by atoms with Gasteiger partial charge >= 0.3 is 0 Å². The van der Waals surface area contributed by atoms with Crippen LogP contribution < -0.4 is 4.74 Å². The first-order valence-electron chi connectivity index (χ1n) is 7.65. The summed E-state index contributed by atoms with van der Waals surface area (Å²) in [7, 11) is 0. The molecule has 0 saturated carbocycles. The van der Waals surface area contributed by atoms with E-state index >= 15 is 0 Å². The molecule has 5 heteroatoms. The number of aryl methyl sites for hydroxylation is 1. The van der Waals surface area contributed by atoms with Crippen LogP contribution in [0.25, 0.3) is 22.4 Å². The van der Waals surface area contributed by atoms with E-state index < -0.39 is 0 Å². The molecule has 2 aromatic carbocycles. The fourth-order valence-electron chi connectivity index (χ4n) is 2.52. The van der Waals surface area contributed by atoms with Crippen molar-refractivity contribution in [3.8, 4) is 17.2 Å². The van der Waals surface area contributed by atoms with E-state index in [0.717, 1.165) is 27.8 Å². The van der Waals surface area contributed by atoms with E-state index in [0.29, 0.717) is 11.8 Å². The molecule has 0 N–H and O–H groups in total. The summed E-state index contributed by atoms with van der Waals surface area (Å²) >= 11 is 0. The summed E-state index contributed by atoms with van der Waals surface area (Å²) in [5.41, 5.74) is 2.97. The Bertz CT molecular complexity index is 995. The van der Waals surface area contributed by atoms with Crippen LogP contribution in [0.3, 0.4) is 0 Å². The molecular weight excluding hydrogens is 302 g/mol. The topological polar surface area (TPSA) is 61.0 Å². The highest BCUT2D eigenvalue weighted by Gasteiger charge is 2.11. The molecule has 0 bridgehead atoms. The van der Waals surface area contributed by atoms with Crippen molar-refractivity contribution in [2.75, 3.05) is 0 Å². The third-order valence-electron chi connectivity index (χ3n) is 3.78. The van der Waals surface area contributed by atoms with Crippen LogP contribution in [-0.2, 0) is 6.61 Å². The van der Waals surface area contributed by atoms with E-state index in [-0.39, 0.29) is 6.61 Å². The largest absolute Gasteiger partial charge is 0.484 e. The van der Waals surface area contributed by atoms with Crippen molar-refractivity contribution >= 4 is 10.9 Å². The molecule has 0 aliphatic heterocycles. The average molecular weight is 317 g/mol. The number of hydrogen-bond donors (Lipinski definition) is 0. The monoisotopic (exact) mass is 317 g/mol. The molecule has 0 radical (unpaired) electrons. The van der Waals surface area contributed by atoms with Gasteiger partial charge < -0.3 is 9.15 Å². The quantitative estimate of drug-likeness (QED) is 0.565. The maximum atomic E-state index is 5.76. The van der Waals surface area contributed by atoms with Crippen LogP contribution in [0.4, 0.5) is 0 Å². The molecule has 24 heavy (non-hydrogen) atoms. The minimum absolute atomic E-state index is 0.227. The lowest BCUT2D eigenvalue weighted by atomic mass is 10.1. The van der Waals surface area contributed by atoms with Gasteiger partial charge in [0.25, 0.3) is 5.89 Å². The Morgan fingerprint density at radius 2 is 1.92 bits per heavy atom. The number of pyridine rings is 1. The van der Waals surface area contributed by atoms with Crippen molar-refractivity contribution in [1.29, 1.82) is 0 Å². The lowest BCUT2D eigenvalue weighted by Crippen LogP contribution is -1.95. The van der Waals surface area contributed by atoms with E-state index in [4.69, 9.17) is 9.15 Å². The van der Waals surface area contributed by atoms with Crippen LogP contribution >= 0.6 is 0 Å². The van der Waals surface area contributed by atoms with E-state index in [2.05, 4.69) is 15.2 Å². The molecule has 2 aromatic heterocycles. The van der Waals surface area contributed by atoms with Gasteiger partial charge in [-0.05, 0) is 42.8 Å². The fourth-order valence-corrected chi connectivity index (χ4v) is 2.52. The molecule has 2 heterocycles. The van der Waals surface area contributed by atoms with Gasteiger partial charge in [0.2, 0.25) is 5.89 Å². The smallest absolute Gasteiger partial charge is 0.254 e. The fraction of sp³-hybridized carbons (Fsp3) is 0.105. The first-order valence-corrected chi connectivity index (χ1v) is 7.65. The van der Waals surface area contributed by atoms with Gasteiger partial charge in [-0.3, -0.25) is 4.98 Å². The number of benzene rings is 2. The van der Waals surface area contributed by atoms with E-state index in [9.17, 15) is 0 Å². The zero-order valence-electron chi connectivity index (χ0n) is 13.1. The van der Waals surface area contributed by atoms with Crippen LogP contribution in [0, 0.1) is 6.92 Å². The van der Waals surface area contributed by atoms with Crippen molar-refractivity contribution in [3.63, 3.8) is 0 Å². The molecule has 0 spiro atoms. The summed E-state index contributed by atoms with van der Waals surface area (Å²) in [4.78, 5) is 4.29. The molecule has 4 aromatic rings. The molecule has 0 amide bonds. The van der Waals surface area contributed by atoms with Crippen LogP contribution in [0.1, 0.15) is 11.5 Å². The zero-order valence-corrected chi connectivity index (χ0v) is 13.1. The van der Waals surface area contributed by atoms with Crippen molar-refractivity contribution in [2.24, 2.45) is 0 Å². The van der Waals surface area contributed by atoms with E-state index in [1.807, 2.05) is 61.5 Å². The Balaban J connectivity index is 1.51. The first kappa shape index (κ1) is 14.4. The highest BCUT2D eigenvalue weighted by atomic mass is 16.5. The number of fused-ring (bicyclic) bond motifs is 1. The number of ether oxygens (including phenoxy) is 1. The Kier molecular flexibility index (Phi) is 3.67. The van der Waals surface area contributed by atoms with Gasteiger partial charge in [0.05, 0.1) is 5.52 Å². The van der Waals surface area contributed by atoms with E-state index in [1.165, 1.54) is 0 Å².